The van der Waals surface area contributed by atoms with Crippen LogP contribution in [0.25, 0.3) is 0 Å². The number of nitrogens with two attached hydrogens (primary N) is 1. The van der Waals surface area contributed by atoms with Gasteiger partial charge < -0.3 is 10.5 Å². The third-order valence-corrected chi connectivity index (χ3v) is 2.56. The molecule has 0 saturated carbocycles. The summed E-state index contributed by atoms with van der Waals surface area (Å²) in [6.45, 7) is 6.31. The fourth-order valence-electron chi connectivity index (χ4n) is 1.59. The molecule has 0 spiro atoms. The molecule has 0 aromatic heterocycles. The van der Waals surface area contributed by atoms with E-state index in [2.05, 4.69) is 26.8 Å². The molecule has 2 N–H and O–H groups in total. The zero-order valence-corrected chi connectivity index (χ0v) is 9.37. The minimum absolute atomic E-state index is 0.0474. The largest absolute Gasteiger partial charge is 0.496 e. The predicted molar refractivity (Wildman–Crippen MR) is 59.5 cm³/mol. The predicted octanol–water partition coefficient (Wildman–Crippen LogP) is 2.66. The van der Waals surface area contributed by atoms with Crippen molar-refractivity contribution in [3.63, 3.8) is 0 Å². The van der Waals surface area contributed by atoms with Crippen molar-refractivity contribution in [1.29, 1.82) is 0 Å². The number of ether oxygens (including phenoxy) is 1. The van der Waals surface area contributed by atoms with Crippen LogP contribution in [0.5, 0.6) is 5.75 Å². The van der Waals surface area contributed by atoms with E-state index in [0.29, 0.717) is 5.92 Å². The zero-order chi connectivity index (χ0) is 10.7. The standard InChI is InChI=1S/C12H19NO/c1-8(2)12(13)11-9(3)6-5-7-10(11)14-4/h5-8,12H,13H2,1-4H3/t12-/m0/s1. The molecule has 1 aromatic carbocycles. The molecule has 0 aliphatic carbocycles. The van der Waals surface area contributed by atoms with Gasteiger partial charge in [-0.1, -0.05) is 26.0 Å². The Kier molecular flexibility index (Phi) is 3.53. The maximum absolute atomic E-state index is 6.14. The van der Waals surface area contributed by atoms with E-state index < -0.39 is 0 Å². The lowest BCUT2D eigenvalue weighted by atomic mass is 9.93. The van der Waals surface area contributed by atoms with E-state index in [1.807, 2.05) is 12.1 Å². The number of rotatable bonds is 3. The smallest absolute Gasteiger partial charge is 0.123 e. The van der Waals surface area contributed by atoms with Gasteiger partial charge in [-0.3, -0.25) is 0 Å². The van der Waals surface area contributed by atoms with Gasteiger partial charge in [0.2, 0.25) is 0 Å². The summed E-state index contributed by atoms with van der Waals surface area (Å²) in [5.41, 5.74) is 8.46. The summed E-state index contributed by atoms with van der Waals surface area (Å²) in [7, 11) is 1.69. The molecule has 2 heteroatoms. The maximum Gasteiger partial charge on any atom is 0.123 e. The van der Waals surface area contributed by atoms with Crippen molar-refractivity contribution in [3.8, 4) is 5.75 Å². The van der Waals surface area contributed by atoms with Gasteiger partial charge in [0, 0.05) is 11.6 Å². The first-order chi connectivity index (χ1) is 6.57. The minimum Gasteiger partial charge on any atom is -0.496 e. The topological polar surface area (TPSA) is 35.2 Å². The number of hydrogen-bond acceptors (Lipinski definition) is 2. The molecule has 0 radical (unpaired) electrons. The van der Waals surface area contributed by atoms with Crippen LogP contribution in [0.2, 0.25) is 0 Å². The molecule has 0 saturated heterocycles. The van der Waals surface area contributed by atoms with Crippen LogP contribution in [0.1, 0.15) is 31.0 Å². The van der Waals surface area contributed by atoms with Gasteiger partial charge >= 0.3 is 0 Å². The Morgan fingerprint density at radius 1 is 1.29 bits per heavy atom. The van der Waals surface area contributed by atoms with Gasteiger partial charge in [0.25, 0.3) is 0 Å². The third kappa shape index (κ3) is 2.07. The summed E-state index contributed by atoms with van der Waals surface area (Å²) in [6, 6.07) is 6.07. The molecule has 0 heterocycles. The van der Waals surface area contributed by atoms with Crippen molar-refractivity contribution >= 4 is 0 Å². The fraction of sp³-hybridized carbons (Fsp3) is 0.500. The molecule has 1 atom stereocenters. The minimum atomic E-state index is 0.0474. The van der Waals surface area contributed by atoms with Gasteiger partial charge in [-0.05, 0) is 24.5 Å². The van der Waals surface area contributed by atoms with Crippen LogP contribution in [0.4, 0.5) is 0 Å². The fourth-order valence-corrected chi connectivity index (χ4v) is 1.59. The van der Waals surface area contributed by atoms with Crippen LogP contribution in [0, 0.1) is 12.8 Å². The molecule has 0 amide bonds. The van der Waals surface area contributed by atoms with Crippen LogP contribution in [0.15, 0.2) is 18.2 Å². The summed E-state index contributed by atoms with van der Waals surface area (Å²) >= 11 is 0. The molecule has 1 aromatic rings. The highest BCUT2D eigenvalue weighted by Gasteiger charge is 2.16. The summed E-state index contributed by atoms with van der Waals surface area (Å²) < 4.78 is 5.32. The molecule has 14 heavy (non-hydrogen) atoms. The van der Waals surface area contributed by atoms with Crippen LogP contribution in [-0.4, -0.2) is 7.11 Å². The summed E-state index contributed by atoms with van der Waals surface area (Å²) in [5, 5.41) is 0. The number of methoxy groups -OCH3 is 1. The first-order valence-corrected chi connectivity index (χ1v) is 4.97. The van der Waals surface area contributed by atoms with E-state index in [1.54, 1.807) is 7.11 Å². The molecule has 0 bridgehead atoms. The van der Waals surface area contributed by atoms with Crippen molar-refractivity contribution in [2.45, 2.75) is 26.8 Å². The molecule has 0 aliphatic heterocycles. The van der Waals surface area contributed by atoms with E-state index in [-0.39, 0.29) is 6.04 Å². The number of benzene rings is 1. The Balaban J connectivity index is 3.16. The third-order valence-electron chi connectivity index (χ3n) is 2.56. The Labute approximate surface area is 86.1 Å². The van der Waals surface area contributed by atoms with Gasteiger partial charge in [-0.15, -0.1) is 0 Å². The molecule has 1 rings (SSSR count). The Hall–Kier alpha value is -1.02. The van der Waals surface area contributed by atoms with E-state index in [1.165, 1.54) is 5.56 Å². The second-order valence-electron chi connectivity index (χ2n) is 3.96. The van der Waals surface area contributed by atoms with E-state index in [9.17, 15) is 0 Å². The summed E-state index contributed by atoms with van der Waals surface area (Å²) in [6.07, 6.45) is 0. The van der Waals surface area contributed by atoms with E-state index >= 15 is 0 Å². The Morgan fingerprint density at radius 3 is 2.43 bits per heavy atom. The molecule has 0 unspecified atom stereocenters. The average Bonchev–Trinajstić information content (AvgIpc) is 2.16. The van der Waals surface area contributed by atoms with E-state index in [0.717, 1.165) is 11.3 Å². The van der Waals surface area contributed by atoms with Crippen molar-refractivity contribution in [2.24, 2.45) is 11.7 Å². The van der Waals surface area contributed by atoms with Crippen molar-refractivity contribution in [2.75, 3.05) is 7.11 Å². The molecular weight excluding hydrogens is 174 g/mol. The van der Waals surface area contributed by atoms with Gasteiger partial charge in [0.1, 0.15) is 5.75 Å². The van der Waals surface area contributed by atoms with Gasteiger partial charge in [0.05, 0.1) is 7.11 Å². The molecular formula is C12H19NO. The number of hydrogen-bond donors (Lipinski definition) is 1. The number of aryl methyl sites for hydroxylation is 1. The van der Waals surface area contributed by atoms with Crippen LogP contribution >= 0.6 is 0 Å². The quantitative estimate of drug-likeness (QED) is 0.801. The highest BCUT2D eigenvalue weighted by atomic mass is 16.5. The van der Waals surface area contributed by atoms with Gasteiger partial charge in [-0.2, -0.15) is 0 Å². The monoisotopic (exact) mass is 193 g/mol. The second kappa shape index (κ2) is 4.47. The molecule has 0 fully saturated rings. The second-order valence-corrected chi connectivity index (χ2v) is 3.96. The van der Waals surface area contributed by atoms with Crippen molar-refractivity contribution in [1.82, 2.24) is 0 Å². The van der Waals surface area contributed by atoms with Crippen LogP contribution < -0.4 is 10.5 Å². The Morgan fingerprint density at radius 2 is 1.93 bits per heavy atom. The lowest BCUT2D eigenvalue weighted by Crippen LogP contribution is -2.18. The molecule has 0 aliphatic rings. The lowest BCUT2D eigenvalue weighted by Gasteiger charge is -2.21. The van der Waals surface area contributed by atoms with Gasteiger partial charge in [0.15, 0.2) is 0 Å². The van der Waals surface area contributed by atoms with Crippen LogP contribution in [-0.2, 0) is 0 Å². The van der Waals surface area contributed by atoms with Crippen LogP contribution in [0.3, 0.4) is 0 Å². The highest BCUT2D eigenvalue weighted by Crippen LogP contribution is 2.30. The van der Waals surface area contributed by atoms with Gasteiger partial charge in [-0.25, -0.2) is 0 Å². The normalized spacial score (nSPS) is 13.0. The maximum atomic E-state index is 6.14. The molecule has 78 valence electrons. The summed E-state index contributed by atoms with van der Waals surface area (Å²) in [5.74, 6) is 1.32. The lowest BCUT2D eigenvalue weighted by molar-refractivity contribution is 0.395. The average molecular weight is 193 g/mol. The van der Waals surface area contributed by atoms with Crippen molar-refractivity contribution < 1.29 is 4.74 Å². The Bertz CT molecular complexity index is 307. The first kappa shape index (κ1) is 11.1. The molecule has 2 nitrogen and oxygen atoms in total. The SMILES string of the molecule is COc1cccc(C)c1[C@@H](N)C(C)C. The highest BCUT2D eigenvalue weighted by molar-refractivity contribution is 5.41. The first-order valence-electron chi connectivity index (χ1n) is 4.97. The summed E-state index contributed by atoms with van der Waals surface area (Å²) in [4.78, 5) is 0. The zero-order valence-electron chi connectivity index (χ0n) is 9.37. The van der Waals surface area contributed by atoms with E-state index in [4.69, 9.17) is 10.5 Å². The van der Waals surface area contributed by atoms with Crippen molar-refractivity contribution in [3.05, 3.63) is 29.3 Å².